The van der Waals surface area contributed by atoms with Gasteiger partial charge in [0.15, 0.2) is 0 Å². The fourth-order valence-electron chi connectivity index (χ4n) is 2.94. The molecule has 1 aliphatic rings. The van der Waals surface area contributed by atoms with Crippen molar-refractivity contribution in [2.45, 2.75) is 20.0 Å². The molecule has 2 aromatic rings. The maximum atomic E-state index is 14.1. The van der Waals surface area contributed by atoms with Crippen LogP contribution in [0.4, 0.5) is 24.5 Å². The number of nitrogens with one attached hydrogen (secondary N) is 1. The zero-order valence-corrected chi connectivity index (χ0v) is 14.4. The molecule has 27 heavy (non-hydrogen) atoms. The van der Waals surface area contributed by atoms with E-state index >= 15 is 0 Å². The van der Waals surface area contributed by atoms with E-state index in [-0.39, 0.29) is 36.0 Å². The second-order valence-electron chi connectivity index (χ2n) is 6.26. The number of nitrogens with zero attached hydrogens (tertiary/aromatic N) is 1. The first-order valence-electron chi connectivity index (χ1n) is 8.26. The van der Waals surface area contributed by atoms with E-state index < -0.39 is 24.3 Å². The average Bonchev–Trinajstić information content (AvgIpc) is 2.96. The summed E-state index contributed by atoms with van der Waals surface area (Å²) < 4.78 is 43.0. The lowest BCUT2D eigenvalue weighted by molar-refractivity contribution is -0.122. The summed E-state index contributed by atoms with van der Waals surface area (Å²) in [5.74, 6) is -2.10. The average molecular weight is 378 g/mol. The number of hydrogen-bond donors (Lipinski definition) is 1. The third kappa shape index (κ3) is 4.39. The second-order valence-corrected chi connectivity index (χ2v) is 6.26. The molecule has 1 saturated heterocycles. The van der Waals surface area contributed by atoms with E-state index in [1.165, 1.54) is 41.3 Å². The number of carbonyl (C=O) groups excluding carboxylic acids is 2. The predicted molar refractivity (Wildman–Crippen MR) is 93.3 cm³/mol. The van der Waals surface area contributed by atoms with Crippen molar-refractivity contribution in [1.82, 2.24) is 0 Å². The maximum absolute atomic E-state index is 14.1. The summed E-state index contributed by atoms with van der Waals surface area (Å²) in [4.78, 5) is 25.9. The van der Waals surface area contributed by atoms with Crippen LogP contribution in [0.15, 0.2) is 42.5 Å². The fourth-order valence-corrected chi connectivity index (χ4v) is 2.94. The predicted octanol–water partition coefficient (Wildman–Crippen LogP) is 3.73. The Balaban J connectivity index is 1.69. The molecule has 0 bridgehead atoms. The van der Waals surface area contributed by atoms with E-state index in [1.807, 2.05) is 0 Å². The third-order valence-corrected chi connectivity index (χ3v) is 4.22. The fraction of sp³-hybridized carbons (Fsp3) is 0.263. The Labute approximate surface area is 153 Å². The standard InChI is InChI=1S/C19H17F3N2O3/c1-11-5-6-16(15(20)7-11)24-10-12(8-17(24)25)18(26)23-13-3-2-4-14(9-13)27-19(21)22/h2-7,9,12,19H,8,10H2,1H3,(H,23,26). The molecule has 0 saturated carbocycles. The number of ether oxygens (including phenoxy) is 1. The number of anilines is 2. The third-order valence-electron chi connectivity index (χ3n) is 4.22. The molecule has 5 nitrogen and oxygen atoms in total. The number of aryl methyl sites for hydroxylation is 1. The van der Waals surface area contributed by atoms with Gasteiger partial charge in [-0.3, -0.25) is 9.59 Å². The number of alkyl halides is 2. The van der Waals surface area contributed by atoms with Gasteiger partial charge in [-0.2, -0.15) is 8.78 Å². The topological polar surface area (TPSA) is 58.6 Å². The lowest BCUT2D eigenvalue weighted by Crippen LogP contribution is -2.28. The van der Waals surface area contributed by atoms with Crippen molar-refractivity contribution >= 4 is 23.2 Å². The van der Waals surface area contributed by atoms with Crippen LogP contribution in [-0.2, 0) is 9.59 Å². The van der Waals surface area contributed by atoms with Crippen LogP contribution in [0.25, 0.3) is 0 Å². The lowest BCUT2D eigenvalue weighted by atomic mass is 10.1. The molecular weight excluding hydrogens is 361 g/mol. The normalized spacial score (nSPS) is 16.7. The molecule has 0 radical (unpaired) electrons. The number of rotatable bonds is 5. The lowest BCUT2D eigenvalue weighted by Gasteiger charge is -2.18. The highest BCUT2D eigenvalue weighted by Crippen LogP contribution is 2.29. The molecule has 0 spiro atoms. The van der Waals surface area contributed by atoms with Crippen molar-refractivity contribution in [3.8, 4) is 5.75 Å². The molecule has 142 valence electrons. The minimum Gasteiger partial charge on any atom is -0.435 e. The van der Waals surface area contributed by atoms with Gasteiger partial charge < -0.3 is 15.0 Å². The van der Waals surface area contributed by atoms with Gasteiger partial charge in [-0.15, -0.1) is 0 Å². The van der Waals surface area contributed by atoms with Crippen LogP contribution in [0, 0.1) is 18.7 Å². The van der Waals surface area contributed by atoms with Gasteiger partial charge >= 0.3 is 6.61 Å². The van der Waals surface area contributed by atoms with Crippen LogP contribution in [0.5, 0.6) is 5.75 Å². The summed E-state index contributed by atoms with van der Waals surface area (Å²) in [6.45, 7) is -1.19. The van der Waals surface area contributed by atoms with Gasteiger partial charge in [0.1, 0.15) is 11.6 Å². The van der Waals surface area contributed by atoms with Crippen LogP contribution in [0.3, 0.4) is 0 Å². The number of hydrogen-bond acceptors (Lipinski definition) is 3. The highest BCUT2D eigenvalue weighted by atomic mass is 19.3. The van der Waals surface area contributed by atoms with Crippen LogP contribution >= 0.6 is 0 Å². The quantitative estimate of drug-likeness (QED) is 0.863. The van der Waals surface area contributed by atoms with E-state index in [0.29, 0.717) is 0 Å². The zero-order valence-electron chi connectivity index (χ0n) is 14.4. The molecule has 1 heterocycles. The van der Waals surface area contributed by atoms with Gasteiger partial charge in [-0.25, -0.2) is 4.39 Å². The Morgan fingerprint density at radius 2 is 2.04 bits per heavy atom. The Morgan fingerprint density at radius 3 is 2.74 bits per heavy atom. The summed E-state index contributed by atoms with van der Waals surface area (Å²) >= 11 is 0. The van der Waals surface area contributed by atoms with Crippen LogP contribution in [0.2, 0.25) is 0 Å². The van der Waals surface area contributed by atoms with Crippen LogP contribution in [0.1, 0.15) is 12.0 Å². The Morgan fingerprint density at radius 1 is 1.26 bits per heavy atom. The zero-order chi connectivity index (χ0) is 19.6. The number of amides is 2. The van der Waals surface area contributed by atoms with Crippen LogP contribution < -0.4 is 15.0 Å². The van der Waals surface area contributed by atoms with Crippen LogP contribution in [-0.4, -0.2) is 25.0 Å². The molecule has 0 aromatic heterocycles. The summed E-state index contributed by atoms with van der Waals surface area (Å²) in [5.41, 5.74) is 1.13. The Hall–Kier alpha value is -3.03. The van der Waals surface area contributed by atoms with E-state index in [9.17, 15) is 22.8 Å². The van der Waals surface area contributed by atoms with Gasteiger partial charge in [-0.1, -0.05) is 12.1 Å². The van der Waals surface area contributed by atoms with E-state index in [1.54, 1.807) is 13.0 Å². The summed E-state index contributed by atoms with van der Waals surface area (Å²) in [6.07, 6.45) is -0.0631. The number of halogens is 3. The van der Waals surface area contributed by atoms with Crippen molar-refractivity contribution in [1.29, 1.82) is 0 Å². The van der Waals surface area contributed by atoms with Gasteiger partial charge in [-0.05, 0) is 36.8 Å². The number of carbonyl (C=O) groups is 2. The summed E-state index contributed by atoms with van der Waals surface area (Å²) in [7, 11) is 0. The monoisotopic (exact) mass is 378 g/mol. The molecule has 2 amide bonds. The molecular formula is C19H17F3N2O3. The van der Waals surface area contributed by atoms with Crippen molar-refractivity contribution in [3.63, 3.8) is 0 Å². The highest BCUT2D eigenvalue weighted by molar-refractivity contribution is 6.03. The SMILES string of the molecule is Cc1ccc(N2CC(C(=O)Nc3cccc(OC(F)F)c3)CC2=O)c(F)c1. The van der Waals surface area contributed by atoms with E-state index in [2.05, 4.69) is 10.1 Å². The summed E-state index contributed by atoms with van der Waals surface area (Å²) in [5, 5.41) is 2.58. The largest absolute Gasteiger partial charge is 0.435 e. The number of benzene rings is 2. The molecule has 1 unspecified atom stereocenters. The van der Waals surface area contributed by atoms with E-state index in [4.69, 9.17) is 0 Å². The van der Waals surface area contributed by atoms with E-state index in [0.717, 1.165) is 5.56 Å². The molecule has 1 N–H and O–H groups in total. The van der Waals surface area contributed by atoms with Gasteiger partial charge in [0.2, 0.25) is 11.8 Å². The van der Waals surface area contributed by atoms with Crippen molar-refractivity contribution in [3.05, 3.63) is 53.8 Å². The minimum atomic E-state index is -2.97. The first-order chi connectivity index (χ1) is 12.8. The van der Waals surface area contributed by atoms with Crippen molar-refractivity contribution in [2.24, 2.45) is 5.92 Å². The maximum Gasteiger partial charge on any atom is 0.387 e. The van der Waals surface area contributed by atoms with Crippen molar-refractivity contribution in [2.75, 3.05) is 16.8 Å². The van der Waals surface area contributed by atoms with Gasteiger partial charge in [0.25, 0.3) is 0 Å². The molecule has 0 aliphatic carbocycles. The first kappa shape index (κ1) is 18.8. The molecule has 3 rings (SSSR count). The molecule has 2 aromatic carbocycles. The summed E-state index contributed by atoms with van der Waals surface area (Å²) in [6, 6.07) is 10.1. The smallest absolute Gasteiger partial charge is 0.387 e. The molecule has 1 aliphatic heterocycles. The van der Waals surface area contributed by atoms with Gasteiger partial charge in [0, 0.05) is 24.7 Å². The second kappa shape index (κ2) is 7.69. The Kier molecular flexibility index (Phi) is 5.34. The highest BCUT2D eigenvalue weighted by Gasteiger charge is 2.36. The van der Waals surface area contributed by atoms with Gasteiger partial charge in [0.05, 0.1) is 11.6 Å². The molecule has 1 fully saturated rings. The van der Waals surface area contributed by atoms with Crippen molar-refractivity contribution < 1.29 is 27.5 Å². The molecule has 1 atom stereocenters. The molecule has 8 heteroatoms. The minimum absolute atomic E-state index is 0.0396. The first-order valence-corrected chi connectivity index (χ1v) is 8.26. The Bertz CT molecular complexity index is 873.